The molecule has 33 heavy (non-hydrogen) atoms. The maximum absolute atomic E-state index is 12.7. The van der Waals surface area contributed by atoms with Gasteiger partial charge in [-0.15, -0.1) is 5.10 Å². The Bertz CT molecular complexity index is 1140. The fourth-order valence-electron chi connectivity index (χ4n) is 3.10. The second-order valence-corrected chi connectivity index (χ2v) is 7.44. The number of benzene rings is 3. The summed E-state index contributed by atoms with van der Waals surface area (Å²) in [5, 5.41) is 5.57. The van der Waals surface area contributed by atoms with Crippen LogP contribution in [0.5, 0.6) is 11.5 Å². The number of hydrogen-bond acceptors (Lipinski definition) is 4. The Hall–Kier alpha value is -4.26. The quantitative estimate of drug-likeness (QED) is 0.218. The maximum atomic E-state index is 12.7. The highest BCUT2D eigenvalue weighted by atomic mass is 16.5. The van der Waals surface area contributed by atoms with Crippen molar-refractivity contribution in [3.63, 3.8) is 0 Å². The molecule has 0 aliphatic carbocycles. The maximum Gasteiger partial charge on any atom is 0.340 e. The number of rotatable bonds is 7. The summed E-state index contributed by atoms with van der Waals surface area (Å²) in [6.45, 7) is 5.57. The van der Waals surface area contributed by atoms with Crippen LogP contribution in [-0.2, 0) is 6.54 Å². The minimum Gasteiger partial charge on any atom is -0.457 e. The van der Waals surface area contributed by atoms with Gasteiger partial charge in [-0.25, -0.2) is 14.8 Å². The lowest BCUT2D eigenvalue weighted by Crippen LogP contribution is -2.36. The molecule has 2 amide bonds. The van der Waals surface area contributed by atoms with Crippen molar-refractivity contribution < 1.29 is 14.3 Å². The van der Waals surface area contributed by atoms with E-state index in [-0.39, 0.29) is 11.8 Å². The van der Waals surface area contributed by atoms with Gasteiger partial charge in [0.05, 0.1) is 0 Å². The summed E-state index contributed by atoms with van der Waals surface area (Å²) >= 11 is 0. The minimum atomic E-state index is -0.269. The van der Waals surface area contributed by atoms with Gasteiger partial charge in [0.15, 0.2) is 11.6 Å². The van der Waals surface area contributed by atoms with E-state index in [0.29, 0.717) is 35.0 Å². The molecule has 7 heteroatoms. The molecule has 7 nitrogen and oxygen atoms in total. The number of amides is 2. The lowest BCUT2D eigenvalue weighted by Gasteiger charge is -2.22. The first kappa shape index (κ1) is 23.4. The van der Waals surface area contributed by atoms with Gasteiger partial charge in [0, 0.05) is 31.8 Å². The van der Waals surface area contributed by atoms with Crippen LogP contribution in [0.25, 0.3) is 0 Å². The van der Waals surface area contributed by atoms with Crippen LogP contribution in [0, 0.1) is 0 Å². The van der Waals surface area contributed by atoms with Gasteiger partial charge >= 0.3 is 6.03 Å². The fraction of sp³-hybridized carbons (Fsp3) is 0.154. The smallest absolute Gasteiger partial charge is 0.340 e. The van der Waals surface area contributed by atoms with Crippen LogP contribution >= 0.6 is 0 Å². The molecule has 0 saturated heterocycles. The summed E-state index contributed by atoms with van der Waals surface area (Å²) in [5.74, 6) is 1.56. The van der Waals surface area contributed by atoms with E-state index in [9.17, 15) is 9.59 Å². The van der Waals surface area contributed by atoms with Gasteiger partial charge in [-0.3, -0.25) is 4.79 Å². The molecule has 0 aliphatic rings. The lowest BCUT2D eigenvalue weighted by molar-refractivity contribution is 0.101. The van der Waals surface area contributed by atoms with Crippen molar-refractivity contribution in [1.82, 2.24) is 9.91 Å². The first-order valence-electron chi connectivity index (χ1n) is 10.3. The second-order valence-electron chi connectivity index (χ2n) is 7.44. The third kappa shape index (κ3) is 6.36. The topological polar surface area (TPSA) is 74.6 Å². The minimum absolute atomic E-state index is 0.00403. The number of urea groups is 1. The summed E-state index contributed by atoms with van der Waals surface area (Å²) in [5.41, 5.74) is 2.35. The molecule has 0 N–H and O–H groups in total. The molecule has 3 rings (SSSR count). The van der Waals surface area contributed by atoms with E-state index < -0.39 is 0 Å². The van der Waals surface area contributed by atoms with E-state index in [1.54, 1.807) is 67.5 Å². The third-order valence-electron chi connectivity index (χ3n) is 4.87. The summed E-state index contributed by atoms with van der Waals surface area (Å²) in [6.07, 6.45) is 0. The molecule has 3 aromatic carbocycles. The Morgan fingerprint density at radius 1 is 0.848 bits per heavy atom. The van der Waals surface area contributed by atoms with Crippen LogP contribution in [0.1, 0.15) is 28.4 Å². The third-order valence-corrected chi connectivity index (χ3v) is 4.87. The molecule has 0 aliphatic heterocycles. The molecule has 0 saturated carbocycles. The predicted molar refractivity (Wildman–Crippen MR) is 130 cm³/mol. The average Bonchev–Trinajstić information content (AvgIpc) is 2.83. The van der Waals surface area contributed by atoms with E-state index in [1.807, 2.05) is 30.3 Å². The van der Waals surface area contributed by atoms with Crippen molar-refractivity contribution in [3.05, 3.63) is 95.6 Å². The van der Waals surface area contributed by atoms with Crippen molar-refractivity contribution in [3.8, 4) is 11.5 Å². The Balaban J connectivity index is 1.66. The summed E-state index contributed by atoms with van der Waals surface area (Å²) in [7, 11) is 3.30. The number of nitrogens with zero attached hydrogens (tertiary/aromatic N) is 4. The average molecular weight is 443 g/mol. The number of hydrogen-bond donors (Lipinski definition) is 0. The molecule has 0 aromatic heterocycles. The number of Topliss-reactive ketones (excluding diaryl/α,β-unsaturated/α-hetero) is 1. The van der Waals surface area contributed by atoms with Crippen LogP contribution in [0.4, 0.5) is 4.79 Å². The van der Waals surface area contributed by atoms with E-state index in [1.165, 1.54) is 11.9 Å². The molecule has 168 valence electrons. The Kier molecular flexibility index (Phi) is 7.70. The Labute approximate surface area is 193 Å². The fourth-order valence-corrected chi connectivity index (χ4v) is 3.10. The zero-order chi connectivity index (χ0) is 23.8. The van der Waals surface area contributed by atoms with Crippen LogP contribution < -0.4 is 4.74 Å². The van der Waals surface area contributed by atoms with Crippen LogP contribution in [-0.4, -0.2) is 48.4 Å². The molecule has 0 fully saturated rings. The molecule has 0 spiro atoms. The number of carbonyl (C=O) groups excluding carboxylic acids is 2. The van der Waals surface area contributed by atoms with Crippen molar-refractivity contribution in [2.24, 2.45) is 10.1 Å². The summed E-state index contributed by atoms with van der Waals surface area (Å²) in [4.78, 5) is 29.6. The van der Waals surface area contributed by atoms with E-state index >= 15 is 0 Å². The highest BCUT2D eigenvalue weighted by Crippen LogP contribution is 2.22. The number of ether oxygens (including phenoxy) is 1. The standard InChI is InChI=1S/C26H26N4O3/c1-19(31)21-10-14-23(15-11-21)33-24-16-12-22(13-17-24)25(27-2)28-30(4)26(32)29(3)18-20-8-6-5-7-9-20/h5-17H,2,18H2,1,3-4H3. The van der Waals surface area contributed by atoms with E-state index in [2.05, 4.69) is 16.8 Å². The zero-order valence-corrected chi connectivity index (χ0v) is 18.9. The predicted octanol–water partition coefficient (Wildman–Crippen LogP) is 5.23. The normalized spacial score (nSPS) is 10.9. The van der Waals surface area contributed by atoms with Gasteiger partial charge in [-0.1, -0.05) is 30.3 Å². The molecule has 0 bridgehead atoms. The van der Waals surface area contributed by atoms with Gasteiger partial charge < -0.3 is 9.64 Å². The summed E-state index contributed by atoms with van der Waals surface area (Å²) in [6, 6.07) is 23.5. The number of amidine groups is 1. The number of ketones is 1. The molecule has 0 radical (unpaired) electrons. The van der Waals surface area contributed by atoms with Gasteiger partial charge in [0.2, 0.25) is 0 Å². The first-order chi connectivity index (χ1) is 15.9. The largest absolute Gasteiger partial charge is 0.457 e. The van der Waals surface area contributed by atoms with Gasteiger partial charge in [0.1, 0.15) is 11.5 Å². The van der Waals surface area contributed by atoms with Gasteiger partial charge in [-0.05, 0) is 67.7 Å². The first-order valence-corrected chi connectivity index (χ1v) is 10.3. The van der Waals surface area contributed by atoms with Crippen LogP contribution in [0.3, 0.4) is 0 Å². The van der Waals surface area contributed by atoms with Crippen LogP contribution in [0.15, 0.2) is 89.0 Å². The van der Waals surface area contributed by atoms with Gasteiger partial charge in [0.25, 0.3) is 0 Å². The highest BCUT2D eigenvalue weighted by molar-refractivity contribution is 6.01. The lowest BCUT2D eigenvalue weighted by atomic mass is 10.1. The number of aliphatic imine (C=N–C) groups is 1. The van der Waals surface area contributed by atoms with Gasteiger partial charge in [-0.2, -0.15) is 0 Å². The molecule has 0 unspecified atom stereocenters. The van der Waals surface area contributed by atoms with E-state index in [0.717, 1.165) is 5.56 Å². The van der Waals surface area contributed by atoms with Crippen molar-refractivity contribution in [2.45, 2.75) is 13.5 Å². The number of carbonyl (C=O) groups is 2. The molecule has 0 heterocycles. The molecular formula is C26H26N4O3. The number of hydrazone groups is 1. The Morgan fingerprint density at radius 2 is 1.39 bits per heavy atom. The Morgan fingerprint density at radius 3 is 1.91 bits per heavy atom. The molecule has 0 atom stereocenters. The van der Waals surface area contributed by atoms with Crippen molar-refractivity contribution in [1.29, 1.82) is 0 Å². The molecule has 3 aromatic rings. The zero-order valence-electron chi connectivity index (χ0n) is 18.9. The van der Waals surface area contributed by atoms with Crippen LogP contribution in [0.2, 0.25) is 0 Å². The molecular weight excluding hydrogens is 416 g/mol. The second kappa shape index (κ2) is 10.9. The monoisotopic (exact) mass is 442 g/mol. The van der Waals surface area contributed by atoms with E-state index in [4.69, 9.17) is 4.74 Å². The summed E-state index contributed by atoms with van der Waals surface area (Å²) < 4.78 is 5.82. The highest BCUT2D eigenvalue weighted by Gasteiger charge is 2.15. The van der Waals surface area contributed by atoms with Crippen molar-refractivity contribution in [2.75, 3.05) is 14.1 Å². The van der Waals surface area contributed by atoms with Crippen molar-refractivity contribution >= 4 is 24.4 Å². The SMILES string of the molecule is C=NC(=NN(C)C(=O)N(C)Cc1ccccc1)c1ccc(Oc2ccc(C(C)=O)cc2)cc1.